The SMILES string of the molecule is CC(C)(CCCO)CNCC1CCCOC1. The molecule has 1 rings (SSSR count). The van der Waals surface area contributed by atoms with Crippen molar-refractivity contribution in [1.82, 2.24) is 5.32 Å². The zero-order chi connectivity index (χ0) is 11.9. The molecule has 1 atom stereocenters. The molecule has 3 heteroatoms. The van der Waals surface area contributed by atoms with E-state index in [1.807, 2.05) is 0 Å². The van der Waals surface area contributed by atoms with Crippen LogP contribution in [0.25, 0.3) is 0 Å². The summed E-state index contributed by atoms with van der Waals surface area (Å²) in [4.78, 5) is 0. The van der Waals surface area contributed by atoms with Crippen molar-refractivity contribution in [1.29, 1.82) is 0 Å². The number of aliphatic hydroxyl groups excluding tert-OH is 1. The van der Waals surface area contributed by atoms with Gasteiger partial charge in [0.1, 0.15) is 0 Å². The zero-order valence-electron chi connectivity index (χ0n) is 10.8. The summed E-state index contributed by atoms with van der Waals surface area (Å²) in [5.74, 6) is 0.697. The molecule has 1 fully saturated rings. The topological polar surface area (TPSA) is 41.5 Å². The van der Waals surface area contributed by atoms with Gasteiger partial charge in [-0.1, -0.05) is 13.8 Å². The monoisotopic (exact) mass is 229 g/mol. The van der Waals surface area contributed by atoms with E-state index >= 15 is 0 Å². The minimum atomic E-state index is 0.290. The molecule has 1 unspecified atom stereocenters. The summed E-state index contributed by atoms with van der Waals surface area (Å²) in [5.41, 5.74) is 0.290. The molecular weight excluding hydrogens is 202 g/mol. The summed E-state index contributed by atoms with van der Waals surface area (Å²) in [6, 6.07) is 0. The number of hydrogen-bond donors (Lipinski definition) is 2. The zero-order valence-corrected chi connectivity index (χ0v) is 10.8. The quantitative estimate of drug-likeness (QED) is 0.699. The van der Waals surface area contributed by atoms with Gasteiger partial charge in [0.2, 0.25) is 0 Å². The maximum absolute atomic E-state index is 8.82. The highest BCUT2D eigenvalue weighted by atomic mass is 16.5. The summed E-state index contributed by atoms with van der Waals surface area (Å²) in [5, 5.41) is 12.4. The van der Waals surface area contributed by atoms with Crippen LogP contribution in [-0.2, 0) is 4.74 Å². The first-order valence-corrected chi connectivity index (χ1v) is 6.53. The lowest BCUT2D eigenvalue weighted by atomic mass is 9.87. The molecule has 0 aromatic carbocycles. The summed E-state index contributed by atoms with van der Waals surface area (Å²) in [6.45, 7) is 8.79. The van der Waals surface area contributed by atoms with Crippen LogP contribution in [-0.4, -0.2) is 38.0 Å². The molecule has 0 amide bonds. The van der Waals surface area contributed by atoms with Gasteiger partial charge in [0.25, 0.3) is 0 Å². The molecule has 0 bridgehead atoms. The first-order valence-electron chi connectivity index (χ1n) is 6.53. The van der Waals surface area contributed by atoms with Crippen molar-refractivity contribution in [3.63, 3.8) is 0 Å². The van der Waals surface area contributed by atoms with E-state index in [4.69, 9.17) is 9.84 Å². The summed E-state index contributed by atoms with van der Waals surface area (Å²) < 4.78 is 5.46. The average molecular weight is 229 g/mol. The normalized spacial score (nSPS) is 22.3. The lowest BCUT2D eigenvalue weighted by molar-refractivity contribution is 0.0538. The van der Waals surface area contributed by atoms with Crippen LogP contribution in [0.5, 0.6) is 0 Å². The highest BCUT2D eigenvalue weighted by Gasteiger charge is 2.18. The Morgan fingerprint density at radius 2 is 2.25 bits per heavy atom. The lowest BCUT2D eigenvalue weighted by Gasteiger charge is -2.27. The molecular formula is C13H27NO2. The molecule has 0 aromatic heterocycles. The van der Waals surface area contributed by atoms with E-state index in [-0.39, 0.29) is 5.41 Å². The van der Waals surface area contributed by atoms with E-state index in [2.05, 4.69) is 19.2 Å². The van der Waals surface area contributed by atoms with Crippen LogP contribution in [0.15, 0.2) is 0 Å². The Morgan fingerprint density at radius 3 is 2.88 bits per heavy atom. The van der Waals surface area contributed by atoms with Crippen molar-refractivity contribution in [3.05, 3.63) is 0 Å². The van der Waals surface area contributed by atoms with E-state index in [0.717, 1.165) is 39.1 Å². The van der Waals surface area contributed by atoms with Gasteiger partial charge in [-0.3, -0.25) is 0 Å². The van der Waals surface area contributed by atoms with E-state index in [1.54, 1.807) is 0 Å². The van der Waals surface area contributed by atoms with Crippen molar-refractivity contribution in [2.75, 3.05) is 32.9 Å². The smallest absolute Gasteiger partial charge is 0.0506 e. The van der Waals surface area contributed by atoms with E-state index in [0.29, 0.717) is 12.5 Å². The third-order valence-electron chi connectivity index (χ3n) is 3.30. The van der Waals surface area contributed by atoms with E-state index in [9.17, 15) is 0 Å². The van der Waals surface area contributed by atoms with Crippen LogP contribution in [0.3, 0.4) is 0 Å². The van der Waals surface area contributed by atoms with Crippen molar-refractivity contribution < 1.29 is 9.84 Å². The van der Waals surface area contributed by atoms with E-state index in [1.165, 1.54) is 12.8 Å². The van der Waals surface area contributed by atoms with Crippen LogP contribution in [0.4, 0.5) is 0 Å². The third-order valence-corrected chi connectivity index (χ3v) is 3.30. The molecule has 1 heterocycles. The maximum Gasteiger partial charge on any atom is 0.0506 e. The highest BCUT2D eigenvalue weighted by molar-refractivity contribution is 4.73. The average Bonchev–Trinajstić information content (AvgIpc) is 2.28. The van der Waals surface area contributed by atoms with Crippen LogP contribution < -0.4 is 5.32 Å². The predicted molar refractivity (Wildman–Crippen MR) is 66.5 cm³/mol. The molecule has 1 aliphatic rings. The van der Waals surface area contributed by atoms with Crippen molar-refractivity contribution in [3.8, 4) is 0 Å². The lowest BCUT2D eigenvalue weighted by Crippen LogP contribution is -2.35. The Kier molecular flexibility index (Phi) is 6.32. The van der Waals surface area contributed by atoms with Gasteiger partial charge in [-0.2, -0.15) is 0 Å². The number of rotatable bonds is 7. The Morgan fingerprint density at radius 1 is 1.44 bits per heavy atom. The molecule has 0 radical (unpaired) electrons. The summed E-state index contributed by atoms with van der Waals surface area (Å²) in [7, 11) is 0. The van der Waals surface area contributed by atoms with Crippen LogP contribution >= 0.6 is 0 Å². The second-order valence-electron chi connectivity index (χ2n) is 5.71. The number of ether oxygens (including phenoxy) is 1. The maximum atomic E-state index is 8.82. The van der Waals surface area contributed by atoms with Crippen LogP contribution in [0.2, 0.25) is 0 Å². The molecule has 0 aliphatic carbocycles. The number of aliphatic hydroxyl groups is 1. The van der Waals surface area contributed by atoms with Gasteiger partial charge in [0.05, 0.1) is 6.61 Å². The van der Waals surface area contributed by atoms with Gasteiger partial charge < -0.3 is 15.2 Å². The third kappa shape index (κ3) is 5.83. The van der Waals surface area contributed by atoms with Crippen molar-refractivity contribution in [2.24, 2.45) is 11.3 Å². The molecule has 3 nitrogen and oxygen atoms in total. The fraction of sp³-hybridized carbons (Fsp3) is 1.00. The standard InChI is InChI=1S/C13H27NO2/c1-13(2,6-4-7-15)11-14-9-12-5-3-8-16-10-12/h12,14-15H,3-11H2,1-2H3. The van der Waals surface area contributed by atoms with Crippen LogP contribution in [0, 0.1) is 11.3 Å². The predicted octanol–water partition coefficient (Wildman–Crippen LogP) is 1.80. The van der Waals surface area contributed by atoms with Crippen LogP contribution in [0.1, 0.15) is 39.5 Å². The Labute approximate surface area is 99.6 Å². The van der Waals surface area contributed by atoms with Gasteiger partial charge in [-0.25, -0.2) is 0 Å². The van der Waals surface area contributed by atoms with Gasteiger partial charge in [0.15, 0.2) is 0 Å². The Balaban J connectivity index is 2.08. The first-order chi connectivity index (χ1) is 7.64. The molecule has 0 aromatic rings. The Hall–Kier alpha value is -0.120. The molecule has 16 heavy (non-hydrogen) atoms. The van der Waals surface area contributed by atoms with Gasteiger partial charge in [0, 0.05) is 26.3 Å². The van der Waals surface area contributed by atoms with Crippen molar-refractivity contribution >= 4 is 0 Å². The first kappa shape index (κ1) is 13.9. The van der Waals surface area contributed by atoms with Gasteiger partial charge >= 0.3 is 0 Å². The number of hydrogen-bond acceptors (Lipinski definition) is 3. The van der Waals surface area contributed by atoms with Gasteiger partial charge in [-0.05, 0) is 37.0 Å². The fourth-order valence-electron chi connectivity index (χ4n) is 2.23. The summed E-state index contributed by atoms with van der Waals surface area (Å²) in [6.07, 6.45) is 4.49. The van der Waals surface area contributed by atoms with Gasteiger partial charge in [-0.15, -0.1) is 0 Å². The number of nitrogens with one attached hydrogen (secondary N) is 1. The fourth-order valence-corrected chi connectivity index (χ4v) is 2.23. The molecule has 1 aliphatic heterocycles. The molecule has 1 saturated heterocycles. The Bertz CT molecular complexity index is 177. The largest absolute Gasteiger partial charge is 0.396 e. The second kappa shape index (κ2) is 7.25. The summed E-state index contributed by atoms with van der Waals surface area (Å²) >= 11 is 0. The molecule has 0 saturated carbocycles. The highest BCUT2D eigenvalue weighted by Crippen LogP contribution is 2.21. The molecule has 96 valence electrons. The minimum absolute atomic E-state index is 0.290. The van der Waals surface area contributed by atoms with E-state index < -0.39 is 0 Å². The second-order valence-corrected chi connectivity index (χ2v) is 5.71. The minimum Gasteiger partial charge on any atom is -0.396 e. The van der Waals surface area contributed by atoms with Crippen molar-refractivity contribution in [2.45, 2.75) is 39.5 Å². The molecule has 2 N–H and O–H groups in total. The molecule has 0 spiro atoms.